The maximum Gasteiger partial charge on any atom is 0.317 e. The third kappa shape index (κ3) is 3.58. The number of urea groups is 1. The average Bonchev–Trinajstić information content (AvgIpc) is 3.42. The summed E-state index contributed by atoms with van der Waals surface area (Å²) in [5.41, 5.74) is 3.10. The Kier molecular flexibility index (Phi) is 5.09. The summed E-state index contributed by atoms with van der Waals surface area (Å²) >= 11 is 0. The highest BCUT2D eigenvalue weighted by Gasteiger charge is 2.46. The van der Waals surface area contributed by atoms with Gasteiger partial charge in [0.2, 0.25) is 0 Å². The molecule has 1 saturated heterocycles. The van der Waals surface area contributed by atoms with E-state index in [1.165, 1.54) is 75.7 Å². The number of rotatable bonds is 4. The van der Waals surface area contributed by atoms with Crippen LogP contribution in [0.3, 0.4) is 0 Å². The predicted molar refractivity (Wildman–Crippen MR) is 121 cm³/mol. The molecule has 1 aromatic rings. The van der Waals surface area contributed by atoms with Crippen LogP contribution in [0.4, 0.5) is 4.79 Å². The van der Waals surface area contributed by atoms with E-state index in [4.69, 9.17) is 0 Å². The summed E-state index contributed by atoms with van der Waals surface area (Å²) in [5, 5.41) is 3.27. The fourth-order valence-electron chi connectivity index (χ4n) is 7.06. The summed E-state index contributed by atoms with van der Waals surface area (Å²) in [7, 11) is 3.64. The smallest absolute Gasteiger partial charge is 0.317 e. The minimum atomic E-state index is 0. The number of fused-ring (bicyclic) bond motifs is 4. The topological polar surface area (TPSA) is 35.6 Å². The number of carbonyl (C=O) groups is 1. The van der Waals surface area contributed by atoms with Crippen LogP contribution in [0, 0.1) is 17.8 Å². The van der Waals surface area contributed by atoms with Crippen LogP contribution in [0.2, 0.25) is 0 Å². The van der Waals surface area contributed by atoms with Crippen molar-refractivity contribution in [2.75, 3.05) is 33.7 Å². The third-order valence-electron chi connectivity index (χ3n) is 8.72. The van der Waals surface area contributed by atoms with Gasteiger partial charge < -0.3 is 15.1 Å². The molecule has 5 rings (SSSR count). The number of carbonyl (C=O) groups excluding carboxylic acids is 1. The molecular formula is C25H41N3O. The minimum Gasteiger partial charge on any atom is -0.331 e. The fourth-order valence-corrected chi connectivity index (χ4v) is 7.06. The van der Waals surface area contributed by atoms with Crippen LogP contribution in [-0.2, 0) is 5.41 Å². The molecule has 1 heterocycles. The van der Waals surface area contributed by atoms with Crippen molar-refractivity contribution >= 4 is 6.03 Å². The van der Waals surface area contributed by atoms with Crippen LogP contribution < -0.4 is 5.32 Å². The number of benzene rings is 1. The second-order valence-electron chi connectivity index (χ2n) is 10.5. The molecule has 2 unspecified atom stereocenters. The molecule has 29 heavy (non-hydrogen) atoms. The van der Waals surface area contributed by atoms with Gasteiger partial charge in [-0.25, -0.2) is 4.79 Å². The van der Waals surface area contributed by atoms with Crippen LogP contribution in [0.15, 0.2) is 24.3 Å². The van der Waals surface area contributed by atoms with E-state index in [1.807, 2.05) is 14.1 Å². The number of likely N-dealkylation sites (tertiary alicyclic amines) is 1. The summed E-state index contributed by atoms with van der Waals surface area (Å²) in [6, 6.07) is 9.02. The molecule has 162 valence electrons. The number of hydrogen-bond donors (Lipinski definition) is 1. The molecule has 4 nitrogen and oxygen atoms in total. The first-order chi connectivity index (χ1) is 14.0. The van der Waals surface area contributed by atoms with Crippen molar-refractivity contribution in [3.8, 4) is 0 Å². The van der Waals surface area contributed by atoms with Crippen LogP contribution in [0.5, 0.6) is 0 Å². The largest absolute Gasteiger partial charge is 0.331 e. The Morgan fingerprint density at radius 3 is 2.69 bits per heavy atom. The maximum atomic E-state index is 12.3. The van der Waals surface area contributed by atoms with Crippen molar-refractivity contribution in [2.24, 2.45) is 17.8 Å². The highest BCUT2D eigenvalue weighted by molar-refractivity contribution is 5.74. The van der Waals surface area contributed by atoms with E-state index in [9.17, 15) is 4.79 Å². The van der Waals surface area contributed by atoms with E-state index in [0.717, 1.165) is 24.2 Å². The van der Waals surface area contributed by atoms with Crippen molar-refractivity contribution in [3.63, 3.8) is 0 Å². The van der Waals surface area contributed by atoms with Crippen molar-refractivity contribution < 1.29 is 7.65 Å². The van der Waals surface area contributed by atoms with Gasteiger partial charge in [-0.15, -0.1) is 0 Å². The molecule has 4 heteroatoms. The Morgan fingerprint density at radius 2 is 2.00 bits per heavy atom. The molecular weight excluding hydrogens is 358 g/mol. The molecule has 2 saturated carbocycles. The standard InChI is InChI=1S/C25H37N3O.2H2/c1-27(2)24(29)26-23-17-25(22-6-4-3-5-21(22)23)10-13-28(14-11-25)12-9-20-16-18-7-8-19(20)15-18;;/h3-6,18-20,23H,7-17H2,1-2H3,(H,26,29);2*1H/t18?,19-,20?,23+;;/m1../s1. The van der Waals surface area contributed by atoms with Gasteiger partial charge in [0.05, 0.1) is 6.04 Å². The molecule has 1 aliphatic heterocycles. The van der Waals surface area contributed by atoms with Gasteiger partial charge in [0.25, 0.3) is 0 Å². The quantitative estimate of drug-likeness (QED) is 0.768. The molecule has 0 aromatic heterocycles. The summed E-state index contributed by atoms with van der Waals surface area (Å²) in [4.78, 5) is 16.7. The second-order valence-corrected chi connectivity index (χ2v) is 10.5. The molecule has 2 amide bonds. The monoisotopic (exact) mass is 399 g/mol. The van der Waals surface area contributed by atoms with Gasteiger partial charge in [-0.3, -0.25) is 0 Å². The number of nitrogens with zero attached hydrogens (tertiary/aromatic N) is 2. The van der Waals surface area contributed by atoms with E-state index in [1.54, 1.807) is 4.90 Å². The summed E-state index contributed by atoms with van der Waals surface area (Å²) in [6.45, 7) is 3.72. The fraction of sp³-hybridized carbons (Fsp3) is 0.720. The normalized spacial score (nSPS) is 32.5. The Balaban J connectivity index is 0.00000136. The van der Waals surface area contributed by atoms with E-state index in [2.05, 4.69) is 34.5 Å². The van der Waals surface area contributed by atoms with Gasteiger partial charge in [-0.1, -0.05) is 30.7 Å². The SMILES string of the molecule is CN(C)C(=O)N[C@H]1CC2(CCN(CCC3CC4CC[C@@H]3C4)CC2)c2ccccc21.[HH].[HH]. The van der Waals surface area contributed by atoms with Crippen LogP contribution in [0.25, 0.3) is 0 Å². The zero-order chi connectivity index (χ0) is 20.0. The van der Waals surface area contributed by atoms with Gasteiger partial charge in [0, 0.05) is 22.4 Å². The first kappa shape index (κ1) is 19.4. The van der Waals surface area contributed by atoms with Crippen LogP contribution in [-0.4, -0.2) is 49.6 Å². The lowest BCUT2D eigenvalue weighted by atomic mass is 9.73. The zero-order valence-corrected chi connectivity index (χ0v) is 18.2. The van der Waals surface area contributed by atoms with E-state index in [0.29, 0.717) is 0 Å². The van der Waals surface area contributed by atoms with E-state index < -0.39 is 0 Å². The van der Waals surface area contributed by atoms with Crippen LogP contribution >= 0.6 is 0 Å². The van der Waals surface area contributed by atoms with Crippen molar-refractivity contribution in [2.45, 2.75) is 62.8 Å². The number of piperidine rings is 1. The van der Waals surface area contributed by atoms with Gasteiger partial charge in [-0.2, -0.15) is 0 Å². The molecule has 2 bridgehead atoms. The Labute approximate surface area is 179 Å². The van der Waals surface area contributed by atoms with Gasteiger partial charge >= 0.3 is 6.03 Å². The summed E-state index contributed by atoms with van der Waals surface area (Å²) < 4.78 is 0. The highest BCUT2D eigenvalue weighted by atomic mass is 16.2. The Hall–Kier alpha value is -1.55. The summed E-state index contributed by atoms with van der Waals surface area (Å²) in [6.07, 6.45) is 11.0. The molecule has 1 spiro atoms. The molecule has 4 aliphatic rings. The summed E-state index contributed by atoms with van der Waals surface area (Å²) in [5.74, 6) is 3.14. The van der Waals surface area contributed by atoms with Gasteiger partial charge in [0.15, 0.2) is 0 Å². The number of amides is 2. The molecule has 1 N–H and O–H groups in total. The van der Waals surface area contributed by atoms with E-state index in [-0.39, 0.29) is 20.3 Å². The Bertz CT molecular complexity index is 763. The lowest BCUT2D eigenvalue weighted by molar-refractivity contribution is 0.138. The maximum absolute atomic E-state index is 12.3. The lowest BCUT2D eigenvalue weighted by Crippen LogP contribution is -2.43. The molecule has 4 atom stereocenters. The van der Waals surface area contributed by atoms with Crippen molar-refractivity contribution in [1.29, 1.82) is 0 Å². The van der Waals surface area contributed by atoms with Crippen molar-refractivity contribution in [1.82, 2.24) is 15.1 Å². The number of hydrogen-bond acceptors (Lipinski definition) is 2. The van der Waals surface area contributed by atoms with Gasteiger partial charge in [-0.05, 0) is 93.5 Å². The van der Waals surface area contributed by atoms with Gasteiger partial charge in [0.1, 0.15) is 0 Å². The second kappa shape index (κ2) is 7.61. The molecule has 0 radical (unpaired) electrons. The average molecular weight is 400 g/mol. The zero-order valence-electron chi connectivity index (χ0n) is 18.2. The van der Waals surface area contributed by atoms with Crippen LogP contribution in [0.1, 0.15) is 71.4 Å². The third-order valence-corrected chi connectivity index (χ3v) is 8.72. The first-order valence-corrected chi connectivity index (χ1v) is 11.8. The first-order valence-electron chi connectivity index (χ1n) is 11.8. The predicted octanol–water partition coefficient (Wildman–Crippen LogP) is 5.05. The van der Waals surface area contributed by atoms with E-state index >= 15 is 0 Å². The van der Waals surface area contributed by atoms with Crippen molar-refractivity contribution in [3.05, 3.63) is 35.4 Å². The lowest BCUT2D eigenvalue weighted by Gasteiger charge is -2.41. The molecule has 1 aromatic carbocycles. The molecule has 3 fully saturated rings. The molecule has 3 aliphatic carbocycles. The number of nitrogens with one attached hydrogen (secondary N) is 1. The Morgan fingerprint density at radius 1 is 1.21 bits per heavy atom. The highest BCUT2D eigenvalue weighted by Crippen LogP contribution is 2.52. The minimum absolute atomic E-state index is 0.